The molecular weight excluding hydrogens is 118 g/mol. The van der Waals surface area contributed by atoms with Gasteiger partial charge in [0.1, 0.15) is 0 Å². The van der Waals surface area contributed by atoms with Gasteiger partial charge in [-0.1, -0.05) is 5.57 Å². The molecule has 44 valence electrons. The molecule has 0 saturated heterocycles. The Balaban J connectivity index is 2.73. The van der Waals surface area contributed by atoms with Crippen molar-refractivity contribution in [2.24, 2.45) is 0 Å². The second-order valence-electron chi connectivity index (χ2n) is 1.94. The van der Waals surface area contributed by atoms with E-state index in [4.69, 9.17) is 0 Å². The Morgan fingerprint density at radius 1 is 1.62 bits per heavy atom. The van der Waals surface area contributed by atoms with E-state index in [0.29, 0.717) is 0 Å². The van der Waals surface area contributed by atoms with Crippen LogP contribution in [0.25, 0.3) is 0 Å². The van der Waals surface area contributed by atoms with Crippen LogP contribution in [0.4, 0.5) is 0 Å². The monoisotopic (exact) mass is 127 g/mol. The highest BCUT2D eigenvalue weighted by Gasteiger charge is 1.97. The molecule has 1 aliphatic rings. The largest absolute Gasteiger partial charge is 0.326 e. The van der Waals surface area contributed by atoms with Crippen LogP contribution in [0.1, 0.15) is 13.8 Å². The molecule has 0 aliphatic carbocycles. The highest BCUT2D eigenvalue weighted by Crippen LogP contribution is 2.14. The maximum Gasteiger partial charge on any atom is 0.0435 e. The first kappa shape index (κ1) is 5.76. The van der Waals surface area contributed by atoms with Gasteiger partial charge >= 0.3 is 0 Å². The second-order valence-corrected chi connectivity index (χ2v) is 2.65. The molecule has 1 rings (SSSR count). The van der Waals surface area contributed by atoms with E-state index in [1.807, 2.05) is 5.41 Å². The number of nitrogens with one attached hydrogen (secondary N) is 1. The fraction of sp³-hybridized carbons (Fsp3) is 0.333. The minimum absolute atomic E-state index is 1.25. The van der Waals surface area contributed by atoms with Crippen molar-refractivity contribution in [3.05, 3.63) is 22.8 Å². The molecular formula is C6H9NS. The average molecular weight is 127 g/mol. The first-order valence-electron chi connectivity index (χ1n) is 2.56. The quantitative estimate of drug-likeness (QED) is 0.500. The van der Waals surface area contributed by atoms with Gasteiger partial charge in [-0.2, -0.15) is 0 Å². The van der Waals surface area contributed by atoms with Crippen molar-refractivity contribution >= 4 is 11.9 Å². The highest BCUT2D eigenvalue weighted by atomic mass is 32.2. The zero-order valence-corrected chi connectivity index (χ0v) is 5.88. The Labute approximate surface area is 54.0 Å². The summed E-state index contributed by atoms with van der Waals surface area (Å²) in [5.74, 6) is 0. The van der Waals surface area contributed by atoms with Gasteiger partial charge < -0.3 is 4.72 Å². The molecule has 0 saturated carbocycles. The fourth-order valence-electron chi connectivity index (χ4n) is 0.502. The van der Waals surface area contributed by atoms with E-state index in [9.17, 15) is 0 Å². The maximum atomic E-state index is 3.14. The SMILES string of the molecule is CC(C)=C1C=CSN1. The van der Waals surface area contributed by atoms with Gasteiger partial charge in [-0.15, -0.1) is 0 Å². The molecule has 0 spiro atoms. The lowest BCUT2D eigenvalue weighted by atomic mass is 10.3. The molecule has 0 radical (unpaired) electrons. The van der Waals surface area contributed by atoms with Gasteiger partial charge in [0, 0.05) is 5.70 Å². The average Bonchev–Trinajstić information content (AvgIpc) is 2.12. The van der Waals surface area contributed by atoms with Crippen LogP contribution >= 0.6 is 11.9 Å². The van der Waals surface area contributed by atoms with Crippen LogP contribution in [0.2, 0.25) is 0 Å². The van der Waals surface area contributed by atoms with Crippen molar-refractivity contribution in [2.75, 3.05) is 0 Å². The molecule has 0 aromatic heterocycles. The molecule has 0 atom stereocenters. The van der Waals surface area contributed by atoms with E-state index < -0.39 is 0 Å². The molecule has 0 unspecified atom stereocenters. The third kappa shape index (κ3) is 1.07. The molecule has 8 heavy (non-hydrogen) atoms. The number of allylic oxidation sites excluding steroid dienone is 2. The lowest BCUT2D eigenvalue weighted by Gasteiger charge is -1.96. The van der Waals surface area contributed by atoms with Crippen LogP contribution in [0.5, 0.6) is 0 Å². The summed E-state index contributed by atoms with van der Waals surface area (Å²) in [6.45, 7) is 4.19. The third-order valence-electron chi connectivity index (χ3n) is 1.01. The Morgan fingerprint density at radius 2 is 2.38 bits per heavy atom. The third-order valence-corrected chi connectivity index (χ3v) is 1.62. The van der Waals surface area contributed by atoms with Crippen LogP contribution in [0.3, 0.4) is 0 Å². The molecule has 1 nitrogen and oxygen atoms in total. The lowest BCUT2D eigenvalue weighted by molar-refractivity contribution is 1.20. The first-order chi connectivity index (χ1) is 3.80. The van der Waals surface area contributed by atoms with E-state index in [-0.39, 0.29) is 0 Å². The Morgan fingerprint density at radius 3 is 2.62 bits per heavy atom. The van der Waals surface area contributed by atoms with E-state index in [1.165, 1.54) is 11.3 Å². The topological polar surface area (TPSA) is 12.0 Å². The van der Waals surface area contributed by atoms with Gasteiger partial charge in [-0.05, 0) is 37.3 Å². The van der Waals surface area contributed by atoms with Crippen LogP contribution in [0, 0.1) is 0 Å². The summed E-state index contributed by atoms with van der Waals surface area (Å²) >= 11 is 1.62. The summed E-state index contributed by atoms with van der Waals surface area (Å²) in [4.78, 5) is 0. The van der Waals surface area contributed by atoms with Crippen LogP contribution < -0.4 is 4.72 Å². The van der Waals surface area contributed by atoms with Crippen molar-refractivity contribution in [1.29, 1.82) is 0 Å². The zero-order valence-electron chi connectivity index (χ0n) is 5.06. The molecule has 2 heteroatoms. The minimum atomic E-state index is 1.25. The number of rotatable bonds is 0. The zero-order chi connectivity index (χ0) is 5.98. The maximum absolute atomic E-state index is 3.14. The number of hydrogen-bond acceptors (Lipinski definition) is 2. The van der Waals surface area contributed by atoms with E-state index >= 15 is 0 Å². The van der Waals surface area contributed by atoms with Crippen molar-refractivity contribution in [2.45, 2.75) is 13.8 Å². The van der Waals surface area contributed by atoms with Crippen molar-refractivity contribution in [3.8, 4) is 0 Å². The van der Waals surface area contributed by atoms with E-state index in [0.717, 1.165) is 0 Å². The van der Waals surface area contributed by atoms with Gasteiger partial charge in [0.15, 0.2) is 0 Å². The Hall–Kier alpha value is -0.370. The summed E-state index contributed by atoms with van der Waals surface area (Å²) in [5, 5.41) is 2.04. The number of hydrogen-bond donors (Lipinski definition) is 1. The highest BCUT2D eigenvalue weighted by molar-refractivity contribution is 8.00. The molecule has 1 N–H and O–H groups in total. The molecule has 0 fully saturated rings. The first-order valence-corrected chi connectivity index (χ1v) is 3.44. The molecule has 0 aromatic carbocycles. The van der Waals surface area contributed by atoms with E-state index in [2.05, 4.69) is 24.6 Å². The fourth-order valence-corrected chi connectivity index (χ4v) is 1.17. The van der Waals surface area contributed by atoms with Gasteiger partial charge in [0.05, 0.1) is 0 Å². The summed E-state index contributed by atoms with van der Waals surface area (Å²) in [5.41, 5.74) is 2.58. The molecule has 1 aliphatic heterocycles. The van der Waals surface area contributed by atoms with Crippen molar-refractivity contribution in [3.63, 3.8) is 0 Å². The predicted molar refractivity (Wildman–Crippen MR) is 38.2 cm³/mol. The normalized spacial score (nSPS) is 16.5. The van der Waals surface area contributed by atoms with Gasteiger partial charge in [0.25, 0.3) is 0 Å². The van der Waals surface area contributed by atoms with Gasteiger partial charge in [-0.3, -0.25) is 0 Å². The summed E-state index contributed by atoms with van der Waals surface area (Å²) in [7, 11) is 0. The Kier molecular flexibility index (Phi) is 1.63. The molecule has 0 amide bonds. The van der Waals surface area contributed by atoms with E-state index in [1.54, 1.807) is 11.9 Å². The smallest absolute Gasteiger partial charge is 0.0435 e. The lowest BCUT2D eigenvalue weighted by Crippen LogP contribution is -1.94. The van der Waals surface area contributed by atoms with Gasteiger partial charge in [0.2, 0.25) is 0 Å². The van der Waals surface area contributed by atoms with Crippen LogP contribution in [0.15, 0.2) is 22.8 Å². The minimum Gasteiger partial charge on any atom is -0.326 e. The van der Waals surface area contributed by atoms with Crippen LogP contribution in [-0.4, -0.2) is 0 Å². The molecule has 0 bridgehead atoms. The Bertz CT molecular complexity index is 143. The predicted octanol–water partition coefficient (Wildman–Crippen LogP) is 2.05. The van der Waals surface area contributed by atoms with Crippen molar-refractivity contribution in [1.82, 2.24) is 4.72 Å². The second kappa shape index (κ2) is 2.27. The summed E-state index contributed by atoms with van der Waals surface area (Å²) in [6.07, 6.45) is 2.08. The van der Waals surface area contributed by atoms with Crippen LogP contribution in [-0.2, 0) is 0 Å². The van der Waals surface area contributed by atoms with Gasteiger partial charge in [-0.25, -0.2) is 0 Å². The summed E-state index contributed by atoms with van der Waals surface area (Å²) < 4.78 is 3.14. The molecule has 1 heterocycles. The van der Waals surface area contributed by atoms with Crippen molar-refractivity contribution < 1.29 is 0 Å². The summed E-state index contributed by atoms with van der Waals surface area (Å²) in [6, 6.07) is 0. The molecule has 0 aromatic rings. The standard InChI is InChI=1S/C6H9NS/c1-5(2)6-3-4-8-7-6/h3-4,7H,1-2H3.